The number of fused-ring (bicyclic) bond motifs is 9. The molecule has 12 aromatic rings. The number of nitrogens with zero attached hydrogens (tertiary/aromatic N) is 2. The van der Waals surface area contributed by atoms with Crippen LogP contribution in [0.2, 0.25) is 0 Å². The van der Waals surface area contributed by atoms with Crippen LogP contribution in [-0.4, -0.2) is 9.13 Å². The number of benzene rings is 10. The van der Waals surface area contributed by atoms with Crippen molar-refractivity contribution in [3.8, 4) is 44.8 Å². The van der Waals surface area contributed by atoms with Crippen molar-refractivity contribution in [2.45, 2.75) is 5.41 Å². The second-order valence-corrected chi connectivity index (χ2v) is 16.8. The Morgan fingerprint density at radius 3 is 1.29 bits per heavy atom. The molecule has 0 amide bonds. The monoisotopic (exact) mass is 800 g/mol. The number of para-hydroxylation sites is 2. The lowest BCUT2D eigenvalue weighted by Crippen LogP contribution is -2.28. The molecule has 2 aromatic heterocycles. The first kappa shape index (κ1) is 35.5. The first-order chi connectivity index (χ1) is 31.3. The van der Waals surface area contributed by atoms with Crippen LogP contribution in [0.5, 0.6) is 0 Å². The third-order valence-corrected chi connectivity index (χ3v) is 13.6. The summed E-state index contributed by atoms with van der Waals surface area (Å²) in [5, 5.41) is 4.98. The van der Waals surface area contributed by atoms with E-state index in [1.54, 1.807) is 0 Å². The Kier molecular flexibility index (Phi) is 7.85. The van der Waals surface area contributed by atoms with E-state index in [9.17, 15) is 0 Å². The second kappa shape index (κ2) is 13.9. The second-order valence-electron chi connectivity index (χ2n) is 16.8. The van der Waals surface area contributed by atoms with Gasteiger partial charge in [-0.25, -0.2) is 0 Å². The lowest BCUT2D eigenvalue weighted by atomic mass is 9.67. The minimum absolute atomic E-state index is 0.468. The SMILES string of the molecule is c1ccc(-c2ccc(-n3c4ccccc4c4cc(-c5ccc6c(c5)c5ccccc5n6-c5ccc6c(c5)C(c5ccccc5)(c5ccccc5)c5ccccc5-6)ccc43)cc2)cc1. The summed E-state index contributed by atoms with van der Waals surface area (Å²) in [6, 6.07) is 89.5. The fraction of sp³-hybridized carbons (Fsp3) is 0.0164. The van der Waals surface area contributed by atoms with Crippen molar-refractivity contribution in [1.82, 2.24) is 9.13 Å². The van der Waals surface area contributed by atoms with Crippen molar-refractivity contribution in [2.24, 2.45) is 0 Å². The minimum atomic E-state index is -0.468. The first-order valence-electron chi connectivity index (χ1n) is 21.8. The topological polar surface area (TPSA) is 9.86 Å². The van der Waals surface area contributed by atoms with E-state index < -0.39 is 5.41 Å². The van der Waals surface area contributed by atoms with Crippen molar-refractivity contribution < 1.29 is 0 Å². The van der Waals surface area contributed by atoms with E-state index >= 15 is 0 Å². The van der Waals surface area contributed by atoms with E-state index in [4.69, 9.17) is 0 Å². The number of hydrogen-bond donors (Lipinski definition) is 0. The van der Waals surface area contributed by atoms with Crippen LogP contribution in [0.1, 0.15) is 22.3 Å². The molecule has 0 fully saturated rings. The fourth-order valence-corrected chi connectivity index (χ4v) is 10.9. The zero-order chi connectivity index (χ0) is 41.5. The Hall–Kier alpha value is -8.20. The maximum atomic E-state index is 2.47. The molecule has 294 valence electrons. The molecule has 0 saturated carbocycles. The van der Waals surface area contributed by atoms with Gasteiger partial charge in [-0.05, 0) is 116 Å². The first-order valence-corrected chi connectivity index (χ1v) is 21.8. The minimum Gasteiger partial charge on any atom is -0.309 e. The average molecular weight is 801 g/mol. The third-order valence-electron chi connectivity index (χ3n) is 13.6. The largest absolute Gasteiger partial charge is 0.309 e. The Labute approximate surface area is 366 Å². The van der Waals surface area contributed by atoms with Crippen LogP contribution in [0.3, 0.4) is 0 Å². The molecule has 0 aliphatic heterocycles. The van der Waals surface area contributed by atoms with E-state index in [2.05, 4.69) is 252 Å². The fourth-order valence-electron chi connectivity index (χ4n) is 10.9. The molecule has 0 spiro atoms. The molecule has 63 heavy (non-hydrogen) atoms. The van der Waals surface area contributed by atoms with Crippen LogP contribution >= 0.6 is 0 Å². The van der Waals surface area contributed by atoms with Crippen molar-refractivity contribution in [3.63, 3.8) is 0 Å². The van der Waals surface area contributed by atoms with Gasteiger partial charge in [0.15, 0.2) is 0 Å². The summed E-state index contributed by atoms with van der Waals surface area (Å²) >= 11 is 0. The summed E-state index contributed by atoms with van der Waals surface area (Å²) in [5.41, 5.74) is 19.2. The number of aromatic nitrogens is 2. The Balaban J connectivity index is 0.965. The molecular weight excluding hydrogens is 761 g/mol. The predicted octanol–water partition coefficient (Wildman–Crippen LogP) is 15.6. The predicted molar refractivity (Wildman–Crippen MR) is 263 cm³/mol. The Morgan fingerprint density at radius 1 is 0.254 bits per heavy atom. The highest BCUT2D eigenvalue weighted by Gasteiger charge is 2.46. The summed E-state index contributed by atoms with van der Waals surface area (Å²) < 4.78 is 4.87. The summed E-state index contributed by atoms with van der Waals surface area (Å²) in [7, 11) is 0. The van der Waals surface area contributed by atoms with Crippen LogP contribution in [0, 0.1) is 0 Å². The zero-order valence-corrected chi connectivity index (χ0v) is 34.5. The maximum Gasteiger partial charge on any atom is 0.0714 e. The van der Waals surface area contributed by atoms with Gasteiger partial charge in [-0.15, -0.1) is 0 Å². The zero-order valence-electron chi connectivity index (χ0n) is 34.5. The van der Waals surface area contributed by atoms with Crippen molar-refractivity contribution in [1.29, 1.82) is 0 Å². The van der Waals surface area contributed by atoms with Crippen LogP contribution in [0.4, 0.5) is 0 Å². The van der Waals surface area contributed by atoms with Gasteiger partial charge in [-0.3, -0.25) is 0 Å². The highest BCUT2D eigenvalue weighted by atomic mass is 15.0. The van der Waals surface area contributed by atoms with E-state index in [1.807, 2.05) is 0 Å². The lowest BCUT2D eigenvalue weighted by Gasteiger charge is -2.34. The van der Waals surface area contributed by atoms with Crippen molar-refractivity contribution in [3.05, 3.63) is 265 Å². The molecule has 0 atom stereocenters. The Bertz CT molecular complexity index is 3670. The lowest BCUT2D eigenvalue weighted by molar-refractivity contribution is 0.767. The van der Waals surface area contributed by atoms with E-state index in [0.29, 0.717) is 0 Å². The Morgan fingerprint density at radius 2 is 0.683 bits per heavy atom. The molecule has 1 aliphatic rings. The standard InChI is InChI=1S/C61H40N2/c1-4-16-41(17-5-1)42-28-32-47(33-29-42)62-57-26-14-11-23-51(57)53-38-43(30-36-59(53)62)44-31-37-60-54(39-44)52-24-12-15-27-58(52)63(60)48-34-35-50-49-22-10-13-25-55(49)61(56(50)40-48,45-18-6-2-7-19-45)46-20-8-3-9-21-46/h1-40H. The van der Waals surface area contributed by atoms with Gasteiger partial charge in [0.1, 0.15) is 0 Å². The van der Waals surface area contributed by atoms with Crippen LogP contribution < -0.4 is 0 Å². The molecule has 0 bridgehead atoms. The smallest absolute Gasteiger partial charge is 0.0714 e. The van der Waals surface area contributed by atoms with Crippen LogP contribution in [0.25, 0.3) is 88.4 Å². The molecular formula is C61H40N2. The van der Waals surface area contributed by atoms with Gasteiger partial charge in [0.05, 0.1) is 27.5 Å². The molecule has 1 aliphatic carbocycles. The summed E-state index contributed by atoms with van der Waals surface area (Å²) in [4.78, 5) is 0. The average Bonchev–Trinajstić information content (AvgIpc) is 3.98. The molecule has 2 nitrogen and oxygen atoms in total. The highest BCUT2D eigenvalue weighted by Crippen LogP contribution is 2.56. The van der Waals surface area contributed by atoms with E-state index in [-0.39, 0.29) is 0 Å². The van der Waals surface area contributed by atoms with Gasteiger partial charge in [-0.2, -0.15) is 0 Å². The summed E-state index contributed by atoms with van der Waals surface area (Å²) in [6.45, 7) is 0. The van der Waals surface area contributed by atoms with Gasteiger partial charge in [0, 0.05) is 32.9 Å². The van der Waals surface area contributed by atoms with Gasteiger partial charge in [0.2, 0.25) is 0 Å². The molecule has 13 rings (SSSR count). The van der Waals surface area contributed by atoms with Crippen molar-refractivity contribution in [2.75, 3.05) is 0 Å². The maximum absolute atomic E-state index is 2.47. The highest BCUT2D eigenvalue weighted by molar-refractivity contribution is 6.13. The van der Waals surface area contributed by atoms with E-state index in [0.717, 1.165) is 11.4 Å². The van der Waals surface area contributed by atoms with Gasteiger partial charge >= 0.3 is 0 Å². The molecule has 10 aromatic carbocycles. The van der Waals surface area contributed by atoms with Gasteiger partial charge in [-0.1, -0.05) is 182 Å². The summed E-state index contributed by atoms with van der Waals surface area (Å²) in [6.07, 6.45) is 0. The molecule has 0 N–H and O–H groups in total. The van der Waals surface area contributed by atoms with Crippen LogP contribution in [-0.2, 0) is 5.41 Å². The third kappa shape index (κ3) is 5.25. The molecule has 0 saturated heterocycles. The van der Waals surface area contributed by atoms with E-state index in [1.165, 1.54) is 99.2 Å². The summed E-state index contributed by atoms with van der Waals surface area (Å²) in [5.74, 6) is 0. The number of hydrogen-bond acceptors (Lipinski definition) is 0. The molecule has 2 heterocycles. The number of rotatable bonds is 6. The van der Waals surface area contributed by atoms with Crippen molar-refractivity contribution >= 4 is 43.6 Å². The normalized spacial score (nSPS) is 12.9. The quantitative estimate of drug-likeness (QED) is 0.159. The van der Waals surface area contributed by atoms with Crippen LogP contribution in [0.15, 0.2) is 243 Å². The molecule has 2 heteroatoms. The molecule has 0 unspecified atom stereocenters. The van der Waals surface area contributed by atoms with Gasteiger partial charge in [0.25, 0.3) is 0 Å². The van der Waals surface area contributed by atoms with Gasteiger partial charge < -0.3 is 9.13 Å². The molecule has 0 radical (unpaired) electrons.